The van der Waals surface area contributed by atoms with E-state index < -0.39 is 18.2 Å². The molecule has 3 rings (SSSR count). The minimum absolute atomic E-state index is 0.0306. The normalized spacial score (nSPS) is 28.2. The second kappa shape index (κ2) is 8.16. The van der Waals surface area contributed by atoms with Crippen LogP contribution >= 0.6 is 11.6 Å². The fourth-order valence-corrected chi connectivity index (χ4v) is 3.34. The quantitative estimate of drug-likeness (QED) is 0.759. The Bertz CT molecular complexity index is 543. The summed E-state index contributed by atoms with van der Waals surface area (Å²) in [6.45, 7) is 0.961. The molecule has 1 aromatic carbocycles. The van der Waals surface area contributed by atoms with Gasteiger partial charge < -0.3 is 24.6 Å². The number of rotatable bonds is 6. The number of halogens is 1. The van der Waals surface area contributed by atoms with Gasteiger partial charge in [0.25, 0.3) is 0 Å². The second-order valence-electron chi connectivity index (χ2n) is 6.13. The molecule has 2 aliphatic heterocycles. The van der Waals surface area contributed by atoms with Crippen molar-refractivity contribution in [3.63, 3.8) is 0 Å². The van der Waals surface area contributed by atoms with Gasteiger partial charge in [0.15, 0.2) is 6.29 Å². The van der Waals surface area contributed by atoms with Crippen LogP contribution in [0, 0.1) is 5.92 Å². The minimum Gasteiger partial charge on any atom is -0.443 e. The summed E-state index contributed by atoms with van der Waals surface area (Å²) in [7, 11) is 0. The third-order valence-corrected chi connectivity index (χ3v) is 4.78. The number of carbonyl (C=O) groups excluding carboxylic acids is 1. The largest absolute Gasteiger partial charge is 0.443 e. The molecule has 0 saturated carbocycles. The van der Waals surface area contributed by atoms with Crippen LogP contribution in [0.4, 0.5) is 4.79 Å². The van der Waals surface area contributed by atoms with Crippen LogP contribution in [0.25, 0.3) is 0 Å². The van der Waals surface area contributed by atoms with Crippen molar-refractivity contribution in [2.75, 3.05) is 19.1 Å². The summed E-state index contributed by atoms with van der Waals surface area (Å²) in [6.07, 6.45) is -0.719. The van der Waals surface area contributed by atoms with Gasteiger partial charge in [-0.3, -0.25) is 0 Å². The molecule has 132 valence electrons. The molecule has 0 spiro atoms. The molecule has 2 fully saturated rings. The second-order valence-corrected chi connectivity index (χ2v) is 6.44. The van der Waals surface area contributed by atoms with E-state index in [1.807, 2.05) is 30.3 Å². The van der Waals surface area contributed by atoms with Crippen LogP contribution in [0.2, 0.25) is 0 Å². The van der Waals surface area contributed by atoms with Gasteiger partial charge in [0.05, 0.1) is 37.2 Å². The van der Waals surface area contributed by atoms with Crippen molar-refractivity contribution in [2.24, 2.45) is 5.92 Å². The zero-order valence-electron chi connectivity index (χ0n) is 13.3. The van der Waals surface area contributed by atoms with E-state index in [1.165, 1.54) is 0 Å². The third-order valence-electron chi connectivity index (χ3n) is 4.47. The summed E-state index contributed by atoms with van der Waals surface area (Å²) in [4.78, 5) is 12.2. The first-order valence-electron chi connectivity index (χ1n) is 8.15. The van der Waals surface area contributed by atoms with Crippen molar-refractivity contribution < 1.29 is 24.1 Å². The van der Waals surface area contributed by atoms with Crippen LogP contribution in [0.3, 0.4) is 0 Å². The van der Waals surface area contributed by atoms with E-state index in [-0.39, 0.29) is 24.2 Å². The number of alkyl halides is 1. The molecule has 2 aliphatic rings. The van der Waals surface area contributed by atoms with E-state index in [0.29, 0.717) is 19.6 Å². The number of aliphatic hydroxyl groups excluding tert-OH is 1. The minimum atomic E-state index is -0.859. The van der Waals surface area contributed by atoms with Gasteiger partial charge in [-0.15, -0.1) is 11.6 Å². The Balaban J connectivity index is 1.56. The van der Waals surface area contributed by atoms with Crippen molar-refractivity contribution in [1.82, 2.24) is 5.32 Å². The molecule has 0 bridgehead atoms. The molecule has 1 unspecified atom stereocenters. The molecular formula is C17H22ClNO5. The van der Waals surface area contributed by atoms with Gasteiger partial charge in [-0.2, -0.15) is 0 Å². The maximum atomic E-state index is 12.2. The van der Waals surface area contributed by atoms with E-state index in [0.717, 1.165) is 12.0 Å². The highest BCUT2D eigenvalue weighted by molar-refractivity contribution is 6.18. The number of ether oxygens (including phenoxy) is 3. The highest BCUT2D eigenvalue weighted by Gasteiger charge is 2.44. The van der Waals surface area contributed by atoms with Crippen molar-refractivity contribution in [1.29, 1.82) is 0 Å². The zero-order valence-corrected chi connectivity index (χ0v) is 14.0. The van der Waals surface area contributed by atoms with E-state index in [2.05, 4.69) is 5.32 Å². The monoisotopic (exact) mass is 355 g/mol. The number of benzene rings is 1. The van der Waals surface area contributed by atoms with Gasteiger partial charge in [-0.05, 0) is 18.4 Å². The topological polar surface area (TPSA) is 77.0 Å². The van der Waals surface area contributed by atoms with E-state index in [4.69, 9.17) is 25.8 Å². The first kappa shape index (κ1) is 17.5. The van der Waals surface area contributed by atoms with E-state index in [9.17, 15) is 9.90 Å². The smallest absolute Gasteiger partial charge is 0.407 e. The molecule has 6 nitrogen and oxygen atoms in total. The van der Waals surface area contributed by atoms with Crippen LogP contribution < -0.4 is 5.32 Å². The van der Waals surface area contributed by atoms with E-state index >= 15 is 0 Å². The summed E-state index contributed by atoms with van der Waals surface area (Å²) in [5, 5.41) is 12.8. The first-order chi connectivity index (χ1) is 11.7. The lowest BCUT2D eigenvalue weighted by Crippen LogP contribution is -2.47. The molecule has 0 aromatic heterocycles. The zero-order chi connectivity index (χ0) is 16.9. The lowest BCUT2D eigenvalue weighted by atomic mass is 10.0. The predicted molar refractivity (Wildman–Crippen MR) is 87.9 cm³/mol. The highest BCUT2D eigenvalue weighted by atomic mass is 35.5. The molecule has 2 saturated heterocycles. The first-order valence-corrected chi connectivity index (χ1v) is 8.69. The van der Waals surface area contributed by atoms with Crippen molar-refractivity contribution in [3.8, 4) is 0 Å². The SMILES string of the molecule is O=C(N[C@@H](Cc1ccccc1)[C@H](O)CCl)O[C@H]1CO[C@H]2OCCC21. The van der Waals surface area contributed by atoms with Gasteiger partial charge in [0, 0.05) is 0 Å². The average molecular weight is 356 g/mol. The lowest BCUT2D eigenvalue weighted by molar-refractivity contribution is -0.0907. The number of fused-ring (bicyclic) bond motifs is 1. The lowest BCUT2D eigenvalue weighted by Gasteiger charge is -2.24. The van der Waals surface area contributed by atoms with E-state index in [1.54, 1.807) is 0 Å². The Labute approximate surface area is 146 Å². The van der Waals surface area contributed by atoms with Gasteiger partial charge in [0.2, 0.25) is 0 Å². The third kappa shape index (κ3) is 4.19. The van der Waals surface area contributed by atoms with Crippen LogP contribution in [0.5, 0.6) is 0 Å². The summed E-state index contributed by atoms with van der Waals surface area (Å²) >= 11 is 5.76. The molecular weight excluding hydrogens is 334 g/mol. The number of hydrogen-bond acceptors (Lipinski definition) is 5. The van der Waals surface area contributed by atoms with Gasteiger partial charge >= 0.3 is 6.09 Å². The molecule has 0 radical (unpaired) electrons. The molecule has 2 heterocycles. The Morgan fingerprint density at radius 1 is 1.38 bits per heavy atom. The van der Waals surface area contributed by atoms with Gasteiger partial charge in [-0.25, -0.2) is 4.79 Å². The van der Waals surface area contributed by atoms with Crippen LogP contribution in [-0.2, 0) is 20.6 Å². The average Bonchev–Trinajstić information content (AvgIpc) is 3.19. The van der Waals surface area contributed by atoms with Crippen molar-refractivity contribution >= 4 is 17.7 Å². The van der Waals surface area contributed by atoms with Crippen LogP contribution in [-0.4, -0.2) is 54.8 Å². The summed E-state index contributed by atoms with van der Waals surface area (Å²) in [5.41, 5.74) is 1.00. The predicted octanol–water partition coefficient (Wildman–Crippen LogP) is 1.69. The fourth-order valence-electron chi connectivity index (χ4n) is 3.13. The number of aliphatic hydroxyl groups is 1. The molecule has 7 heteroatoms. The summed E-state index contributed by atoms with van der Waals surface area (Å²) < 4.78 is 16.4. The molecule has 2 N–H and O–H groups in total. The Hall–Kier alpha value is -1.34. The van der Waals surface area contributed by atoms with Crippen LogP contribution in [0.15, 0.2) is 30.3 Å². The highest BCUT2D eigenvalue weighted by Crippen LogP contribution is 2.32. The molecule has 1 amide bonds. The molecule has 5 atom stereocenters. The maximum absolute atomic E-state index is 12.2. The number of hydrogen-bond donors (Lipinski definition) is 2. The Morgan fingerprint density at radius 3 is 2.92 bits per heavy atom. The fraction of sp³-hybridized carbons (Fsp3) is 0.588. The summed E-state index contributed by atoms with van der Waals surface area (Å²) in [6, 6.07) is 9.09. The Kier molecular flexibility index (Phi) is 5.94. The van der Waals surface area contributed by atoms with Gasteiger partial charge in [0.1, 0.15) is 6.10 Å². The molecule has 0 aliphatic carbocycles. The molecule has 24 heavy (non-hydrogen) atoms. The summed E-state index contributed by atoms with van der Waals surface area (Å²) in [5.74, 6) is 0.115. The number of amides is 1. The number of nitrogens with one attached hydrogen (secondary N) is 1. The van der Waals surface area contributed by atoms with Gasteiger partial charge in [-0.1, -0.05) is 30.3 Å². The van der Waals surface area contributed by atoms with Crippen molar-refractivity contribution in [3.05, 3.63) is 35.9 Å². The maximum Gasteiger partial charge on any atom is 0.407 e. The Morgan fingerprint density at radius 2 is 2.17 bits per heavy atom. The molecule has 1 aromatic rings. The number of alkyl carbamates (subject to hydrolysis) is 1. The number of carbonyl (C=O) groups is 1. The standard InChI is InChI=1S/C17H22ClNO5/c18-9-14(20)13(8-11-4-2-1-3-5-11)19-17(21)24-15-10-23-16-12(15)6-7-22-16/h1-5,12-16,20H,6-10H2,(H,19,21)/t12?,13-,14+,15-,16+/m0/s1. The van der Waals surface area contributed by atoms with Crippen molar-refractivity contribution in [2.45, 2.75) is 37.4 Å². The van der Waals surface area contributed by atoms with Crippen LogP contribution in [0.1, 0.15) is 12.0 Å².